The van der Waals surface area contributed by atoms with Crippen LogP contribution in [0.5, 0.6) is 0 Å². The topological polar surface area (TPSA) is 13.0 Å². The van der Waals surface area contributed by atoms with Crippen molar-refractivity contribution in [2.75, 3.05) is 40.3 Å². The first-order valence-electron chi connectivity index (χ1n) is 9.59. The van der Waals surface area contributed by atoms with Crippen LogP contribution in [0.25, 0.3) is 0 Å². The minimum absolute atomic E-state index is 0.376. The summed E-state index contributed by atoms with van der Waals surface area (Å²) < 4.78 is 0. The quantitative estimate of drug-likeness (QED) is 0.731. The Morgan fingerprint density at radius 1 is 0.739 bits per heavy atom. The highest BCUT2D eigenvalue weighted by Crippen LogP contribution is 2.34. The van der Waals surface area contributed by atoms with Crippen LogP contribution in [0.1, 0.15) is 47.5 Å². The molecule has 4 heteroatoms. The fourth-order valence-electron chi connectivity index (χ4n) is 5.22. The predicted octanol–water partition coefficient (Wildman–Crippen LogP) is 1.96. The molecule has 4 nitrogen and oxygen atoms in total. The van der Waals surface area contributed by atoms with Gasteiger partial charge in [0.1, 0.15) is 0 Å². The number of rotatable bonds is 1. The van der Waals surface area contributed by atoms with Gasteiger partial charge in [0, 0.05) is 61.9 Å². The van der Waals surface area contributed by atoms with Gasteiger partial charge in [-0.25, -0.2) is 0 Å². The minimum Gasteiger partial charge on any atom is -0.301 e. The maximum absolute atomic E-state index is 2.66. The highest BCUT2D eigenvalue weighted by molar-refractivity contribution is 5.02. The molecule has 0 radical (unpaired) electrons. The summed E-state index contributed by atoms with van der Waals surface area (Å²) in [4.78, 5) is 10.3. The lowest BCUT2D eigenvalue weighted by Gasteiger charge is -2.41. The number of piperazine rings is 2. The third-order valence-corrected chi connectivity index (χ3v) is 6.60. The summed E-state index contributed by atoms with van der Waals surface area (Å²) in [6, 6.07) is 4.15. The Morgan fingerprint density at radius 2 is 1.26 bits per heavy atom. The van der Waals surface area contributed by atoms with Gasteiger partial charge in [0.05, 0.1) is 0 Å². The van der Waals surface area contributed by atoms with Crippen molar-refractivity contribution in [3.05, 3.63) is 0 Å². The van der Waals surface area contributed by atoms with Gasteiger partial charge in [0.15, 0.2) is 0 Å². The summed E-state index contributed by atoms with van der Waals surface area (Å²) >= 11 is 0. The zero-order valence-corrected chi connectivity index (χ0v) is 16.4. The average Bonchev–Trinajstić information content (AvgIpc) is 3.15. The largest absolute Gasteiger partial charge is 0.301 e. The molecule has 4 saturated heterocycles. The third-order valence-electron chi connectivity index (χ3n) is 6.60. The van der Waals surface area contributed by atoms with Crippen molar-refractivity contribution >= 4 is 0 Å². The van der Waals surface area contributed by atoms with Gasteiger partial charge in [-0.15, -0.1) is 0 Å². The molecule has 4 atom stereocenters. The molecule has 0 spiro atoms. The zero-order valence-electron chi connectivity index (χ0n) is 16.4. The van der Waals surface area contributed by atoms with E-state index in [1.54, 1.807) is 0 Å². The maximum atomic E-state index is 2.66. The second-order valence-electron chi connectivity index (χ2n) is 9.58. The SMILES string of the molecule is CC(C)N1CC2CC1CN2C.CN1CC2CC1CN2C(C)(C)C. The van der Waals surface area contributed by atoms with Crippen LogP contribution in [0.3, 0.4) is 0 Å². The standard InChI is InChI=1S/C10H20N2.C9H18N2/c1-10(2,3)12-7-8-5-9(12)6-11(8)4;1-7(2)11-6-8-4-9(11)5-10(8)3/h8-9H,5-7H2,1-4H3;7-9H,4-6H2,1-3H3. The molecule has 4 heterocycles. The van der Waals surface area contributed by atoms with E-state index in [0.717, 1.165) is 30.2 Å². The summed E-state index contributed by atoms with van der Waals surface area (Å²) in [7, 11) is 4.51. The van der Waals surface area contributed by atoms with Gasteiger partial charge in [0.2, 0.25) is 0 Å². The lowest BCUT2D eigenvalue weighted by Crippen LogP contribution is -2.52. The van der Waals surface area contributed by atoms with Gasteiger partial charge in [-0.1, -0.05) is 0 Å². The van der Waals surface area contributed by atoms with E-state index in [2.05, 4.69) is 68.3 Å². The van der Waals surface area contributed by atoms with E-state index in [9.17, 15) is 0 Å². The molecule has 4 aliphatic rings. The van der Waals surface area contributed by atoms with Gasteiger partial charge in [0.25, 0.3) is 0 Å². The Morgan fingerprint density at radius 3 is 1.57 bits per heavy atom. The number of hydrogen-bond acceptors (Lipinski definition) is 4. The molecule has 23 heavy (non-hydrogen) atoms. The van der Waals surface area contributed by atoms with Gasteiger partial charge in [-0.05, 0) is 61.6 Å². The molecular weight excluding hydrogens is 284 g/mol. The highest BCUT2D eigenvalue weighted by atomic mass is 15.4. The summed E-state index contributed by atoms with van der Waals surface area (Å²) in [6.07, 6.45) is 2.81. The Hall–Kier alpha value is -0.160. The number of nitrogens with zero attached hydrogens (tertiary/aromatic N) is 4. The second-order valence-corrected chi connectivity index (χ2v) is 9.58. The Balaban J connectivity index is 0.000000136. The first kappa shape index (κ1) is 17.7. The van der Waals surface area contributed by atoms with Crippen molar-refractivity contribution < 1.29 is 0 Å². The molecule has 4 fully saturated rings. The molecule has 4 bridgehead atoms. The molecular formula is C19H38N4. The fourth-order valence-corrected chi connectivity index (χ4v) is 5.22. The van der Waals surface area contributed by atoms with Crippen molar-refractivity contribution in [1.82, 2.24) is 19.6 Å². The Bertz CT molecular complexity index is 412. The van der Waals surface area contributed by atoms with E-state index in [-0.39, 0.29) is 0 Å². The predicted molar refractivity (Wildman–Crippen MR) is 97.9 cm³/mol. The molecule has 134 valence electrons. The molecule has 0 aromatic rings. The van der Waals surface area contributed by atoms with Crippen molar-refractivity contribution in [3.8, 4) is 0 Å². The van der Waals surface area contributed by atoms with Crippen molar-refractivity contribution in [1.29, 1.82) is 0 Å². The molecule has 4 aliphatic heterocycles. The lowest BCUT2D eigenvalue weighted by molar-refractivity contribution is 0.0677. The summed E-state index contributed by atoms with van der Waals surface area (Å²) in [5.41, 5.74) is 0.376. The lowest BCUT2D eigenvalue weighted by atomic mass is 10.0. The third kappa shape index (κ3) is 3.46. The van der Waals surface area contributed by atoms with Crippen LogP contribution in [-0.2, 0) is 0 Å². The highest BCUT2D eigenvalue weighted by Gasteiger charge is 2.45. The molecule has 0 aromatic heterocycles. The van der Waals surface area contributed by atoms with Gasteiger partial charge in [-0.2, -0.15) is 0 Å². The Kier molecular flexibility index (Phi) is 4.83. The maximum Gasteiger partial charge on any atom is 0.0244 e. The zero-order chi connectivity index (χ0) is 16.9. The van der Waals surface area contributed by atoms with Gasteiger partial charge >= 0.3 is 0 Å². The number of likely N-dealkylation sites (N-methyl/N-ethyl adjacent to an activating group) is 2. The summed E-state index contributed by atoms with van der Waals surface area (Å²) in [5.74, 6) is 0. The molecule has 0 N–H and O–H groups in total. The van der Waals surface area contributed by atoms with E-state index in [1.807, 2.05) is 0 Å². The van der Waals surface area contributed by atoms with Crippen molar-refractivity contribution in [2.45, 2.75) is 83.2 Å². The first-order chi connectivity index (χ1) is 10.7. The van der Waals surface area contributed by atoms with Crippen LogP contribution < -0.4 is 0 Å². The van der Waals surface area contributed by atoms with Crippen LogP contribution in [-0.4, -0.2) is 95.6 Å². The fraction of sp³-hybridized carbons (Fsp3) is 1.00. The molecule has 0 saturated carbocycles. The van der Waals surface area contributed by atoms with Crippen molar-refractivity contribution in [2.24, 2.45) is 0 Å². The minimum atomic E-state index is 0.376. The van der Waals surface area contributed by atoms with Gasteiger partial charge < -0.3 is 9.80 Å². The summed E-state index contributed by atoms with van der Waals surface area (Å²) in [5, 5.41) is 0. The normalized spacial score (nSPS) is 38.6. The van der Waals surface area contributed by atoms with E-state index in [1.165, 1.54) is 39.0 Å². The smallest absolute Gasteiger partial charge is 0.0244 e. The van der Waals surface area contributed by atoms with Crippen LogP contribution >= 0.6 is 0 Å². The number of likely N-dealkylation sites (tertiary alicyclic amines) is 4. The van der Waals surface area contributed by atoms with E-state index >= 15 is 0 Å². The molecule has 0 aromatic carbocycles. The monoisotopic (exact) mass is 322 g/mol. The van der Waals surface area contributed by atoms with Crippen LogP contribution in [0.2, 0.25) is 0 Å². The Labute approximate surface area is 143 Å². The van der Waals surface area contributed by atoms with Crippen LogP contribution in [0.4, 0.5) is 0 Å². The molecule has 4 unspecified atom stereocenters. The first-order valence-corrected chi connectivity index (χ1v) is 9.59. The van der Waals surface area contributed by atoms with Gasteiger partial charge in [-0.3, -0.25) is 9.80 Å². The molecule has 4 rings (SSSR count). The van der Waals surface area contributed by atoms with Crippen LogP contribution in [0, 0.1) is 0 Å². The van der Waals surface area contributed by atoms with E-state index in [4.69, 9.17) is 0 Å². The number of fused-ring (bicyclic) bond motifs is 4. The van der Waals surface area contributed by atoms with Crippen LogP contribution in [0.15, 0.2) is 0 Å². The summed E-state index contributed by atoms with van der Waals surface area (Å²) in [6.45, 7) is 16.8. The number of hydrogen-bond donors (Lipinski definition) is 0. The second kappa shape index (κ2) is 6.29. The molecule has 0 aliphatic carbocycles. The average molecular weight is 323 g/mol. The van der Waals surface area contributed by atoms with E-state index < -0.39 is 0 Å². The van der Waals surface area contributed by atoms with Crippen molar-refractivity contribution in [3.63, 3.8) is 0 Å². The van der Waals surface area contributed by atoms with E-state index in [0.29, 0.717) is 5.54 Å². The molecule has 0 amide bonds.